The van der Waals surface area contributed by atoms with Crippen LogP contribution in [0.25, 0.3) is 32.3 Å². The van der Waals surface area contributed by atoms with E-state index in [9.17, 15) is 0 Å². The van der Waals surface area contributed by atoms with Crippen molar-refractivity contribution >= 4 is 32.3 Å². The highest BCUT2D eigenvalue weighted by molar-refractivity contribution is 6.24. The van der Waals surface area contributed by atoms with E-state index in [4.69, 9.17) is 9.47 Å². The van der Waals surface area contributed by atoms with Crippen LogP contribution in [0.3, 0.4) is 0 Å². The van der Waals surface area contributed by atoms with Gasteiger partial charge in [-0.1, -0.05) is 48.2 Å². The van der Waals surface area contributed by atoms with Gasteiger partial charge >= 0.3 is 0 Å². The van der Waals surface area contributed by atoms with Gasteiger partial charge in [-0.2, -0.15) is 0 Å². The molecule has 6 aromatic rings. The lowest BCUT2D eigenvalue weighted by Gasteiger charge is -2.13. The summed E-state index contributed by atoms with van der Waals surface area (Å²) in [5.41, 5.74) is 1.95. The molecule has 4 aromatic carbocycles. The smallest absolute Gasteiger partial charge is 0.185 e. The summed E-state index contributed by atoms with van der Waals surface area (Å²) in [7, 11) is 3.43. The van der Waals surface area contributed by atoms with Gasteiger partial charge in [0.05, 0.1) is 25.3 Å². The zero-order valence-corrected chi connectivity index (χ0v) is 23.1. The second-order valence-electron chi connectivity index (χ2n) is 10.0. The third-order valence-corrected chi connectivity index (χ3v) is 7.43. The lowest BCUT2D eigenvalue weighted by atomic mass is 9.90. The molecule has 0 aliphatic carbocycles. The first-order valence-electron chi connectivity index (χ1n) is 13.4. The average Bonchev–Trinajstić information content (AvgIpc) is 3.62. The number of benzene rings is 4. The number of hydrogen-bond acceptors (Lipinski definition) is 4. The average molecular weight is 527 g/mol. The molecule has 2 aromatic heterocycles. The van der Waals surface area contributed by atoms with Gasteiger partial charge in [-0.25, -0.2) is 9.97 Å². The molecule has 0 amide bonds. The Morgan fingerprint density at radius 3 is 1.48 bits per heavy atom. The van der Waals surface area contributed by atoms with Gasteiger partial charge in [0.25, 0.3) is 0 Å². The van der Waals surface area contributed by atoms with Gasteiger partial charge in [-0.15, -0.1) is 0 Å². The van der Waals surface area contributed by atoms with Crippen LogP contribution in [0.5, 0.6) is 0 Å². The number of ether oxygens (including phenoxy) is 2. The number of nitrogens with zero attached hydrogens (tertiary/aromatic N) is 4. The summed E-state index contributed by atoms with van der Waals surface area (Å²) in [4.78, 5) is 8.93. The van der Waals surface area contributed by atoms with Crippen LogP contribution in [0, 0.1) is 23.7 Å². The fourth-order valence-electron chi connectivity index (χ4n) is 5.13. The minimum Gasteiger partial charge on any atom is -0.380 e. The van der Waals surface area contributed by atoms with Crippen molar-refractivity contribution in [3.8, 4) is 23.7 Å². The Bertz CT molecular complexity index is 1800. The van der Waals surface area contributed by atoms with Crippen molar-refractivity contribution in [2.24, 2.45) is 0 Å². The highest BCUT2D eigenvalue weighted by Crippen LogP contribution is 2.37. The van der Waals surface area contributed by atoms with Crippen LogP contribution in [0.4, 0.5) is 0 Å². The molecule has 0 aliphatic heterocycles. The maximum Gasteiger partial charge on any atom is 0.185 e. The molecule has 6 heteroatoms. The first-order valence-corrected chi connectivity index (χ1v) is 13.4. The van der Waals surface area contributed by atoms with Crippen molar-refractivity contribution < 1.29 is 9.47 Å². The minimum absolute atomic E-state index is 0.0792. The summed E-state index contributed by atoms with van der Waals surface area (Å²) < 4.78 is 14.9. The summed E-state index contributed by atoms with van der Waals surface area (Å²) in [6.07, 6.45) is 7.60. The molecule has 6 nitrogen and oxygen atoms in total. The monoisotopic (exact) mass is 526 g/mol. The highest BCUT2D eigenvalue weighted by atomic mass is 16.5. The molecule has 0 saturated heterocycles. The van der Waals surface area contributed by atoms with Gasteiger partial charge in [0.15, 0.2) is 11.6 Å². The summed E-state index contributed by atoms with van der Waals surface area (Å²) >= 11 is 0. The lowest BCUT2D eigenvalue weighted by Crippen LogP contribution is -2.15. The predicted octanol–water partition coefficient (Wildman–Crippen LogP) is 5.85. The highest BCUT2D eigenvalue weighted by Gasteiger charge is 2.13. The van der Waals surface area contributed by atoms with E-state index >= 15 is 0 Å². The molecule has 0 spiro atoms. The number of rotatable bonds is 6. The molecule has 2 heterocycles. The quantitative estimate of drug-likeness (QED) is 0.202. The molecule has 6 rings (SSSR count). The number of aromatic nitrogens is 4. The molecule has 2 atom stereocenters. The summed E-state index contributed by atoms with van der Waals surface area (Å²) in [6.45, 7) is 5.47. The summed E-state index contributed by atoms with van der Waals surface area (Å²) in [5, 5.41) is 7.03. The lowest BCUT2D eigenvalue weighted by molar-refractivity contribution is 0.103. The Morgan fingerprint density at radius 2 is 1.05 bits per heavy atom. The standard InChI is InChI=1S/C34H30N4O2/c1-23(39-3)21-37-19-17-35-31(37)15-11-25-5-7-27-10-14-30-26(6-8-28-9-13-29(25)33(27)34(28)30)12-16-32-36-18-20-38(32)22-24(2)40-4/h5-10,13-14,17-20,23-24H,21-22H2,1-4H3/t23-,24-/m1/s1. The maximum atomic E-state index is 5.42. The van der Waals surface area contributed by atoms with Crippen LogP contribution >= 0.6 is 0 Å². The van der Waals surface area contributed by atoms with Crippen molar-refractivity contribution in [1.82, 2.24) is 19.1 Å². The Labute approximate surface area is 233 Å². The molecular formula is C34H30N4O2. The van der Waals surface area contributed by atoms with Crippen molar-refractivity contribution in [1.29, 1.82) is 0 Å². The van der Waals surface area contributed by atoms with E-state index in [1.807, 2.05) is 35.4 Å². The first-order chi connectivity index (χ1) is 19.6. The van der Waals surface area contributed by atoms with Crippen molar-refractivity contribution in [2.75, 3.05) is 14.2 Å². The van der Waals surface area contributed by atoms with E-state index in [0.717, 1.165) is 33.5 Å². The van der Waals surface area contributed by atoms with Gasteiger partial charge in [0.1, 0.15) is 0 Å². The fourth-order valence-corrected chi connectivity index (χ4v) is 5.13. The molecule has 0 unspecified atom stereocenters. The van der Waals surface area contributed by atoms with Crippen molar-refractivity contribution in [3.63, 3.8) is 0 Å². The van der Waals surface area contributed by atoms with Crippen molar-refractivity contribution in [3.05, 3.63) is 96.1 Å². The van der Waals surface area contributed by atoms with Crippen molar-refractivity contribution in [2.45, 2.75) is 39.1 Å². The minimum atomic E-state index is 0.0792. The first kappa shape index (κ1) is 25.6. The van der Waals surface area contributed by atoms with Crippen LogP contribution in [-0.4, -0.2) is 45.5 Å². The van der Waals surface area contributed by atoms with Crippen LogP contribution in [-0.2, 0) is 22.6 Å². The predicted molar refractivity (Wildman–Crippen MR) is 160 cm³/mol. The molecule has 0 bridgehead atoms. The maximum absolute atomic E-state index is 5.42. The van der Waals surface area contributed by atoms with Gasteiger partial charge in [-0.3, -0.25) is 0 Å². The number of imidazole rings is 2. The topological polar surface area (TPSA) is 54.1 Å². The van der Waals surface area contributed by atoms with E-state index in [-0.39, 0.29) is 12.2 Å². The third kappa shape index (κ3) is 4.80. The fraction of sp³-hybridized carbons (Fsp3) is 0.235. The van der Waals surface area contributed by atoms with Gasteiger partial charge in [0.2, 0.25) is 0 Å². The summed E-state index contributed by atoms with van der Waals surface area (Å²) in [6, 6.07) is 17.2. The Hall–Kier alpha value is -4.62. The van der Waals surface area contributed by atoms with E-state index in [0.29, 0.717) is 13.1 Å². The Kier molecular flexibility index (Phi) is 6.97. The van der Waals surface area contributed by atoms with Crippen LogP contribution in [0.15, 0.2) is 73.3 Å². The van der Waals surface area contributed by atoms with Crippen LogP contribution in [0.1, 0.15) is 36.6 Å². The van der Waals surface area contributed by atoms with Gasteiger partial charge in [-0.05, 0) is 70.1 Å². The SMILES string of the molecule is CO[C@H](C)Cn1ccnc1C#Cc1ccc2ccc3c(C#Cc4nccn4C[C@@H](C)OC)ccc4ccc1c2c43. The third-order valence-electron chi connectivity index (χ3n) is 7.43. The zero-order valence-electron chi connectivity index (χ0n) is 23.1. The molecule has 40 heavy (non-hydrogen) atoms. The molecule has 0 aliphatic rings. The molecule has 0 fully saturated rings. The number of methoxy groups -OCH3 is 2. The Morgan fingerprint density at radius 1 is 0.625 bits per heavy atom. The second kappa shape index (κ2) is 10.9. The molecule has 0 saturated carbocycles. The largest absolute Gasteiger partial charge is 0.380 e. The van der Waals surface area contributed by atoms with E-state index < -0.39 is 0 Å². The molecular weight excluding hydrogens is 496 g/mol. The normalized spacial score (nSPS) is 12.8. The molecule has 0 N–H and O–H groups in total. The number of hydrogen-bond donors (Lipinski definition) is 0. The van der Waals surface area contributed by atoms with Gasteiger partial charge in [0, 0.05) is 50.1 Å². The van der Waals surface area contributed by atoms with Gasteiger partial charge < -0.3 is 18.6 Å². The Balaban J connectivity index is 1.43. The van der Waals surface area contributed by atoms with Crippen LogP contribution in [0.2, 0.25) is 0 Å². The van der Waals surface area contributed by atoms with E-state index in [2.05, 4.69) is 82.2 Å². The molecule has 198 valence electrons. The van der Waals surface area contributed by atoms with E-state index in [1.54, 1.807) is 26.6 Å². The zero-order chi connectivity index (χ0) is 27.6. The second-order valence-corrected chi connectivity index (χ2v) is 10.0. The summed E-state index contributed by atoms with van der Waals surface area (Å²) in [5.74, 6) is 14.8. The molecule has 0 radical (unpaired) electrons. The van der Waals surface area contributed by atoms with E-state index in [1.165, 1.54) is 21.5 Å². The van der Waals surface area contributed by atoms with Crippen LogP contribution < -0.4 is 0 Å².